The molecular weight excluding hydrogens is 350 g/mol. The minimum Gasteiger partial charge on any atom is -0.387 e. The first-order chi connectivity index (χ1) is 10.0. The number of nitrogens with zero attached hydrogens (tertiary/aromatic N) is 1. The van der Waals surface area contributed by atoms with Gasteiger partial charge in [0.15, 0.2) is 0 Å². The van der Waals surface area contributed by atoms with Crippen LogP contribution in [0.15, 0.2) is 0 Å². The van der Waals surface area contributed by atoms with Gasteiger partial charge in [-0.1, -0.05) is 15.9 Å². The number of ether oxygens (including phenoxy) is 2. The Kier molecular flexibility index (Phi) is 7.30. The number of rotatable bonds is 8. The Balaban J connectivity index is 2.26. The van der Waals surface area contributed by atoms with Crippen molar-refractivity contribution in [2.45, 2.75) is 76.7 Å². The molecule has 0 aromatic carbocycles. The predicted molar refractivity (Wildman–Crippen MR) is 90.6 cm³/mol. The quantitative estimate of drug-likeness (QED) is 0.499. The van der Waals surface area contributed by atoms with Gasteiger partial charge in [-0.05, 0) is 53.9 Å². The van der Waals surface area contributed by atoms with Gasteiger partial charge in [-0.25, -0.2) is 0 Å². The second kappa shape index (κ2) is 7.90. The van der Waals surface area contributed by atoms with E-state index in [1.54, 1.807) is 6.92 Å². The third-order valence-electron chi connectivity index (χ3n) is 4.09. The summed E-state index contributed by atoms with van der Waals surface area (Å²) in [5.41, 5.74) is -1.38. The van der Waals surface area contributed by atoms with Gasteiger partial charge < -0.3 is 19.8 Å². The predicted octanol–water partition coefficient (Wildman–Crippen LogP) is 2.97. The van der Waals surface area contributed by atoms with E-state index in [1.165, 1.54) is 5.06 Å². The first-order valence-corrected chi connectivity index (χ1v) is 9.09. The van der Waals surface area contributed by atoms with Gasteiger partial charge in [0.25, 0.3) is 0 Å². The van der Waals surface area contributed by atoms with Crippen LogP contribution in [0.25, 0.3) is 0 Å². The molecule has 0 radical (unpaired) electrons. The lowest BCUT2D eigenvalue weighted by molar-refractivity contribution is -0.261. The molecule has 5 nitrogen and oxygen atoms in total. The zero-order valence-corrected chi connectivity index (χ0v) is 16.1. The van der Waals surface area contributed by atoms with Crippen LogP contribution in [0.4, 0.5) is 0 Å². The zero-order chi connectivity index (χ0) is 17.0. The SMILES string of the molecule is CC(O)(CBr)COCCCOC1CC(C)(C)N(O)C(C)(C)C1. The Bertz CT molecular complexity index is 329. The van der Waals surface area contributed by atoms with Gasteiger partial charge in [0.2, 0.25) is 0 Å². The van der Waals surface area contributed by atoms with Crippen molar-refractivity contribution >= 4 is 15.9 Å². The van der Waals surface area contributed by atoms with Crippen LogP contribution in [-0.4, -0.2) is 63.3 Å². The van der Waals surface area contributed by atoms with Gasteiger partial charge >= 0.3 is 0 Å². The van der Waals surface area contributed by atoms with Gasteiger partial charge in [-0.15, -0.1) is 0 Å². The highest BCUT2D eigenvalue weighted by Crippen LogP contribution is 2.37. The molecule has 1 rings (SSSR count). The van der Waals surface area contributed by atoms with E-state index in [0.717, 1.165) is 19.3 Å². The van der Waals surface area contributed by atoms with E-state index >= 15 is 0 Å². The van der Waals surface area contributed by atoms with Crippen LogP contribution < -0.4 is 0 Å². The van der Waals surface area contributed by atoms with Crippen LogP contribution in [0.2, 0.25) is 0 Å². The normalized spacial score (nSPS) is 25.1. The maximum absolute atomic E-state index is 10.3. The van der Waals surface area contributed by atoms with Crippen molar-refractivity contribution in [1.82, 2.24) is 5.06 Å². The molecule has 1 atom stereocenters. The van der Waals surface area contributed by atoms with Gasteiger partial charge in [0.05, 0.1) is 18.3 Å². The van der Waals surface area contributed by atoms with Crippen molar-refractivity contribution in [3.63, 3.8) is 0 Å². The van der Waals surface area contributed by atoms with E-state index < -0.39 is 5.60 Å². The molecule has 0 saturated carbocycles. The molecule has 6 heteroatoms. The van der Waals surface area contributed by atoms with Crippen LogP contribution in [0, 0.1) is 0 Å². The molecule has 1 aliphatic rings. The number of hydrogen-bond acceptors (Lipinski definition) is 5. The summed E-state index contributed by atoms with van der Waals surface area (Å²) in [6, 6.07) is 0. The molecule has 1 saturated heterocycles. The van der Waals surface area contributed by atoms with Crippen molar-refractivity contribution < 1.29 is 19.8 Å². The molecule has 1 unspecified atom stereocenters. The van der Waals surface area contributed by atoms with Crippen molar-refractivity contribution in [3.8, 4) is 0 Å². The van der Waals surface area contributed by atoms with Crippen molar-refractivity contribution in [3.05, 3.63) is 0 Å². The number of aliphatic hydroxyl groups is 1. The molecule has 0 spiro atoms. The summed E-state index contributed by atoms with van der Waals surface area (Å²) >= 11 is 3.25. The van der Waals surface area contributed by atoms with E-state index in [1.807, 2.05) is 27.7 Å². The molecule has 0 amide bonds. The van der Waals surface area contributed by atoms with Gasteiger partial charge in [-0.3, -0.25) is 0 Å². The van der Waals surface area contributed by atoms with E-state index in [2.05, 4.69) is 15.9 Å². The Hall–Kier alpha value is 0.280. The molecule has 1 fully saturated rings. The summed E-state index contributed by atoms with van der Waals surface area (Å²) in [5, 5.41) is 22.0. The summed E-state index contributed by atoms with van der Waals surface area (Å²) in [5.74, 6) is 0. The fourth-order valence-electron chi connectivity index (χ4n) is 3.04. The Morgan fingerprint density at radius 3 is 2.23 bits per heavy atom. The molecule has 22 heavy (non-hydrogen) atoms. The Morgan fingerprint density at radius 1 is 1.18 bits per heavy atom. The highest BCUT2D eigenvalue weighted by molar-refractivity contribution is 9.09. The summed E-state index contributed by atoms with van der Waals surface area (Å²) in [7, 11) is 0. The molecule has 0 bridgehead atoms. The largest absolute Gasteiger partial charge is 0.387 e. The molecule has 1 aliphatic heterocycles. The van der Waals surface area contributed by atoms with E-state index in [4.69, 9.17) is 9.47 Å². The van der Waals surface area contributed by atoms with Gasteiger partial charge in [0, 0.05) is 29.6 Å². The summed E-state index contributed by atoms with van der Waals surface area (Å²) in [4.78, 5) is 0. The zero-order valence-electron chi connectivity index (χ0n) is 14.6. The maximum atomic E-state index is 10.3. The maximum Gasteiger partial charge on any atom is 0.0948 e. The summed E-state index contributed by atoms with van der Waals surface area (Å²) in [6.45, 7) is 11.4. The highest BCUT2D eigenvalue weighted by atomic mass is 79.9. The molecular formula is C16H32BrNO4. The monoisotopic (exact) mass is 381 g/mol. The Morgan fingerprint density at radius 2 is 1.73 bits per heavy atom. The fraction of sp³-hybridized carbons (Fsp3) is 1.00. The van der Waals surface area contributed by atoms with E-state index in [-0.39, 0.29) is 17.2 Å². The summed E-state index contributed by atoms with van der Waals surface area (Å²) < 4.78 is 11.4. The third-order valence-corrected chi connectivity index (χ3v) is 5.30. The van der Waals surface area contributed by atoms with Crippen LogP contribution >= 0.6 is 15.9 Å². The van der Waals surface area contributed by atoms with Crippen LogP contribution in [0.5, 0.6) is 0 Å². The van der Waals surface area contributed by atoms with Crippen molar-refractivity contribution in [1.29, 1.82) is 0 Å². The molecule has 132 valence electrons. The Labute approximate surface area is 143 Å². The second-order valence-corrected chi connectivity index (χ2v) is 8.44. The van der Waals surface area contributed by atoms with Crippen molar-refractivity contribution in [2.75, 3.05) is 25.2 Å². The third kappa shape index (κ3) is 6.06. The van der Waals surface area contributed by atoms with Crippen LogP contribution in [-0.2, 0) is 9.47 Å². The van der Waals surface area contributed by atoms with Crippen LogP contribution in [0.1, 0.15) is 53.9 Å². The lowest BCUT2D eigenvalue weighted by Gasteiger charge is -2.51. The minimum absolute atomic E-state index is 0.152. The average molecular weight is 382 g/mol. The van der Waals surface area contributed by atoms with Gasteiger partial charge in [-0.2, -0.15) is 5.06 Å². The van der Waals surface area contributed by atoms with E-state index in [0.29, 0.717) is 25.2 Å². The highest BCUT2D eigenvalue weighted by Gasteiger charge is 2.45. The number of hydroxylamine groups is 2. The van der Waals surface area contributed by atoms with E-state index in [9.17, 15) is 10.3 Å². The lowest BCUT2D eigenvalue weighted by Crippen LogP contribution is -2.60. The van der Waals surface area contributed by atoms with Crippen LogP contribution in [0.3, 0.4) is 0 Å². The second-order valence-electron chi connectivity index (χ2n) is 7.87. The topological polar surface area (TPSA) is 62.2 Å². The molecule has 0 aromatic rings. The summed E-state index contributed by atoms with van der Waals surface area (Å²) in [6.07, 6.45) is 2.58. The number of alkyl halides is 1. The molecule has 2 N–H and O–H groups in total. The number of halogens is 1. The fourth-order valence-corrected chi connectivity index (χ4v) is 3.20. The van der Waals surface area contributed by atoms with Gasteiger partial charge in [0.1, 0.15) is 0 Å². The van der Waals surface area contributed by atoms with Crippen molar-refractivity contribution in [2.24, 2.45) is 0 Å². The number of piperidine rings is 1. The molecule has 0 aliphatic carbocycles. The lowest BCUT2D eigenvalue weighted by atomic mass is 9.80. The first-order valence-electron chi connectivity index (χ1n) is 7.97. The minimum atomic E-state index is -0.817. The smallest absolute Gasteiger partial charge is 0.0948 e. The molecule has 0 aromatic heterocycles. The number of hydrogen-bond donors (Lipinski definition) is 2. The molecule has 1 heterocycles. The standard InChI is InChI=1S/C16H32BrNO4/c1-14(2)9-13(10-15(3,4)18(14)20)22-8-6-7-21-12-16(5,19)11-17/h13,19-20H,6-12H2,1-5H3. The average Bonchev–Trinajstić information content (AvgIpc) is 2.39. The first kappa shape index (κ1) is 20.3.